The van der Waals surface area contributed by atoms with Gasteiger partial charge in [0.05, 0.1) is 0 Å². The largest absolute Gasteiger partial charge is 0.349 e. The van der Waals surface area contributed by atoms with Gasteiger partial charge in [0.15, 0.2) is 0 Å². The summed E-state index contributed by atoms with van der Waals surface area (Å²) in [5, 5.41) is 0. The molecule has 0 aromatic heterocycles. The van der Waals surface area contributed by atoms with Crippen LogP contribution in [-0.4, -0.2) is 49.4 Å². The minimum Gasteiger partial charge on any atom is -0.349 e. The second-order valence-electron chi connectivity index (χ2n) is 5.28. The Hall–Kier alpha value is -1.39. The third-order valence-corrected chi connectivity index (χ3v) is 3.36. The van der Waals surface area contributed by atoms with Gasteiger partial charge in [-0.2, -0.15) is 0 Å². The highest BCUT2D eigenvalue weighted by Crippen LogP contribution is 2.10. The first kappa shape index (κ1) is 15.7. The minimum absolute atomic E-state index is 0.0798. The third-order valence-electron chi connectivity index (χ3n) is 3.36. The zero-order chi connectivity index (χ0) is 14.4. The summed E-state index contributed by atoms with van der Waals surface area (Å²) in [5.74, 6) is 0.117. The lowest BCUT2D eigenvalue weighted by Gasteiger charge is -2.27. The van der Waals surface area contributed by atoms with Gasteiger partial charge in [-0.05, 0) is 19.5 Å². The van der Waals surface area contributed by atoms with Crippen LogP contribution >= 0.6 is 0 Å². The first-order valence-corrected chi connectivity index (χ1v) is 6.60. The lowest BCUT2D eigenvalue weighted by Crippen LogP contribution is -2.41. The van der Waals surface area contributed by atoms with Crippen molar-refractivity contribution in [3.05, 3.63) is 35.4 Å². The standard InChI is InChI=1S/C15H25N3O/c1-12-5-7-13(8-6-12)11-18(4)14(10-16)9-15(19)17(2)3/h5-8,14H,9-11,16H2,1-4H3. The maximum Gasteiger partial charge on any atom is 0.223 e. The highest BCUT2D eigenvalue weighted by Gasteiger charge is 2.18. The van der Waals surface area contributed by atoms with Gasteiger partial charge in [0.25, 0.3) is 0 Å². The molecule has 0 aliphatic heterocycles. The van der Waals surface area contributed by atoms with E-state index in [0.717, 1.165) is 6.54 Å². The molecule has 4 nitrogen and oxygen atoms in total. The molecule has 0 saturated heterocycles. The van der Waals surface area contributed by atoms with Gasteiger partial charge < -0.3 is 10.6 Å². The van der Waals surface area contributed by atoms with Crippen molar-refractivity contribution in [3.63, 3.8) is 0 Å². The van der Waals surface area contributed by atoms with Crippen LogP contribution in [0.1, 0.15) is 17.5 Å². The minimum atomic E-state index is 0.0798. The van der Waals surface area contributed by atoms with Gasteiger partial charge in [-0.1, -0.05) is 29.8 Å². The van der Waals surface area contributed by atoms with E-state index in [1.807, 2.05) is 7.05 Å². The number of hydrogen-bond donors (Lipinski definition) is 1. The van der Waals surface area contributed by atoms with E-state index in [9.17, 15) is 4.79 Å². The number of rotatable bonds is 6. The first-order valence-electron chi connectivity index (χ1n) is 6.60. The molecule has 1 amide bonds. The quantitative estimate of drug-likeness (QED) is 0.840. The Balaban J connectivity index is 2.60. The van der Waals surface area contributed by atoms with Crippen LogP contribution in [0.3, 0.4) is 0 Å². The smallest absolute Gasteiger partial charge is 0.223 e. The van der Waals surface area contributed by atoms with E-state index < -0.39 is 0 Å². The molecule has 106 valence electrons. The van der Waals surface area contributed by atoms with Crippen molar-refractivity contribution in [2.45, 2.75) is 25.9 Å². The van der Waals surface area contributed by atoms with Crippen molar-refractivity contribution in [2.24, 2.45) is 5.73 Å². The topological polar surface area (TPSA) is 49.6 Å². The molecule has 0 heterocycles. The molecule has 1 aromatic carbocycles. The summed E-state index contributed by atoms with van der Waals surface area (Å²) in [5.41, 5.74) is 8.28. The maximum absolute atomic E-state index is 11.8. The third kappa shape index (κ3) is 5.01. The molecule has 2 N–H and O–H groups in total. The fourth-order valence-corrected chi connectivity index (χ4v) is 1.91. The summed E-state index contributed by atoms with van der Waals surface area (Å²) < 4.78 is 0. The van der Waals surface area contributed by atoms with Crippen molar-refractivity contribution in [1.29, 1.82) is 0 Å². The van der Waals surface area contributed by atoms with E-state index in [-0.39, 0.29) is 11.9 Å². The maximum atomic E-state index is 11.8. The number of aryl methyl sites for hydroxylation is 1. The second kappa shape index (κ2) is 7.26. The molecule has 0 bridgehead atoms. The Labute approximate surface area is 116 Å². The number of amides is 1. The van der Waals surface area contributed by atoms with Gasteiger partial charge >= 0.3 is 0 Å². The second-order valence-corrected chi connectivity index (χ2v) is 5.28. The summed E-state index contributed by atoms with van der Waals surface area (Å²) in [6.45, 7) is 3.37. The van der Waals surface area contributed by atoms with E-state index in [2.05, 4.69) is 36.1 Å². The summed E-state index contributed by atoms with van der Waals surface area (Å²) in [4.78, 5) is 15.5. The van der Waals surface area contributed by atoms with Gasteiger partial charge in [0.2, 0.25) is 5.91 Å². The van der Waals surface area contributed by atoms with Gasteiger partial charge in [-0.25, -0.2) is 0 Å². The molecular weight excluding hydrogens is 238 g/mol. The van der Waals surface area contributed by atoms with E-state index in [0.29, 0.717) is 13.0 Å². The van der Waals surface area contributed by atoms with Crippen LogP contribution < -0.4 is 5.73 Å². The molecule has 1 unspecified atom stereocenters. The highest BCUT2D eigenvalue weighted by molar-refractivity contribution is 5.76. The van der Waals surface area contributed by atoms with Crippen LogP contribution in [-0.2, 0) is 11.3 Å². The van der Waals surface area contributed by atoms with Gasteiger partial charge in [-0.15, -0.1) is 0 Å². The van der Waals surface area contributed by atoms with Gasteiger partial charge in [0, 0.05) is 39.6 Å². The van der Waals surface area contributed by atoms with Crippen LogP contribution in [0.2, 0.25) is 0 Å². The molecule has 1 rings (SSSR count). The predicted molar refractivity (Wildman–Crippen MR) is 78.8 cm³/mol. The molecule has 0 radical (unpaired) electrons. The lowest BCUT2D eigenvalue weighted by molar-refractivity contribution is -0.129. The summed E-state index contributed by atoms with van der Waals surface area (Å²) >= 11 is 0. The molecule has 0 aliphatic rings. The van der Waals surface area contributed by atoms with Crippen LogP contribution in [0.4, 0.5) is 0 Å². The average molecular weight is 263 g/mol. The van der Waals surface area contributed by atoms with E-state index in [1.54, 1.807) is 19.0 Å². The number of carbonyl (C=O) groups excluding carboxylic acids is 1. The molecule has 0 aliphatic carbocycles. The monoisotopic (exact) mass is 263 g/mol. The molecule has 0 saturated carbocycles. The number of carbonyl (C=O) groups is 1. The predicted octanol–water partition coefficient (Wildman–Crippen LogP) is 1.23. The van der Waals surface area contributed by atoms with Gasteiger partial charge in [0.1, 0.15) is 0 Å². The number of benzene rings is 1. The van der Waals surface area contributed by atoms with Crippen molar-refractivity contribution >= 4 is 5.91 Å². The molecule has 19 heavy (non-hydrogen) atoms. The van der Waals surface area contributed by atoms with Gasteiger partial charge in [-0.3, -0.25) is 9.69 Å². The lowest BCUT2D eigenvalue weighted by atomic mass is 10.1. The van der Waals surface area contributed by atoms with E-state index >= 15 is 0 Å². The Morgan fingerprint density at radius 3 is 2.26 bits per heavy atom. The fraction of sp³-hybridized carbons (Fsp3) is 0.533. The van der Waals surface area contributed by atoms with Crippen molar-refractivity contribution in [2.75, 3.05) is 27.7 Å². The van der Waals surface area contributed by atoms with Crippen molar-refractivity contribution in [3.8, 4) is 0 Å². The van der Waals surface area contributed by atoms with Crippen LogP contribution in [0, 0.1) is 6.92 Å². The molecule has 0 spiro atoms. The Morgan fingerprint density at radius 1 is 1.21 bits per heavy atom. The van der Waals surface area contributed by atoms with Crippen molar-refractivity contribution < 1.29 is 4.79 Å². The number of nitrogens with two attached hydrogens (primary N) is 1. The number of hydrogen-bond acceptors (Lipinski definition) is 3. The average Bonchev–Trinajstić information content (AvgIpc) is 2.38. The summed E-state index contributed by atoms with van der Waals surface area (Å²) in [7, 11) is 5.56. The molecule has 0 fully saturated rings. The normalized spacial score (nSPS) is 12.5. The van der Waals surface area contributed by atoms with Crippen LogP contribution in [0.5, 0.6) is 0 Å². The summed E-state index contributed by atoms with van der Waals surface area (Å²) in [6.07, 6.45) is 0.464. The molecule has 1 atom stereocenters. The zero-order valence-electron chi connectivity index (χ0n) is 12.4. The fourth-order valence-electron chi connectivity index (χ4n) is 1.91. The highest BCUT2D eigenvalue weighted by atomic mass is 16.2. The molecular formula is C15H25N3O. The SMILES string of the molecule is Cc1ccc(CN(C)C(CN)CC(=O)N(C)C)cc1. The van der Waals surface area contributed by atoms with Crippen molar-refractivity contribution in [1.82, 2.24) is 9.80 Å². The molecule has 4 heteroatoms. The Bertz CT molecular complexity index is 400. The van der Waals surface area contributed by atoms with E-state index in [4.69, 9.17) is 5.73 Å². The number of nitrogens with zero attached hydrogens (tertiary/aromatic N) is 2. The van der Waals surface area contributed by atoms with E-state index in [1.165, 1.54) is 11.1 Å². The Morgan fingerprint density at radius 2 is 1.79 bits per heavy atom. The summed E-state index contributed by atoms with van der Waals surface area (Å²) in [6, 6.07) is 8.52. The first-order chi connectivity index (χ1) is 8.93. The number of likely N-dealkylation sites (N-methyl/N-ethyl adjacent to an activating group) is 1. The zero-order valence-corrected chi connectivity index (χ0v) is 12.4. The van der Waals surface area contributed by atoms with Crippen LogP contribution in [0.15, 0.2) is 24.3 Å². The van der Waals surface area contributed by atoms with Crippen LogP contribution in [0.25, 0.3) is 0 Å². The molecule has 1 aromatic rings. The Kier molecular flexibility index (Phi) is 5.99.